The molecule has 0 saturated heterocycles. The lowest BCUT2D eigenvalue weighted by molar-refractivity contribution is -0.00961. The van der Waals surface area contributed by atoms with E-state index in [1.54, 1.807) is 0 Å². The van der Waals surface area contributed by atoms with Crippen molar-refractivity contribution in [1.82, 2.24) is 5.32 Å². The van der Waals surface area contributed by atoms with E-state index in [0.29, 0.717) is 13.0 Å². The standard InChI is InChI=1S/C7H15F2NO/c1-2-10-5-3-4-6(11)7(8)9/h6-7,10-11H,2-5H2,1H3/t6-/m0/s1. The van der Waals surface area contributed by atoms with Crippen molar-refractivity contribution in [3.05, 3.63) is 0 Å². The maximum absolute atomic E-state index is 11.7. The van der Waals surface area contributed by atoms with Crippen molar-refractivity contribution < 1.29 is 13.9 Å². The van der Waals surface area contributed by atoms with E-state index in [2.05, 4.69) is 5.32 Å². The lowest BCUT2D eigenvalue weighted by Gasteiger charge is -2.08. The van der Waals surface area contributed by atoms with Crippen LogP contribution in [0.5, 0.6) is 0 Å². The van der Waals surface area contributed by atoms with Gasteiger partial charge in [0.1, 0.15) is 6.10 Å². The molecule has 68 valence electrons. The molecular weight excluding hydrogens is 152 g/mol. The molecular formula is C7H15F2NO. The van der Waals surface area contributed by atoms with Gasteiger partial charge >= 0.3 is 0 Å². The van der Waals surface area contributed by atoms with E-state index in [9.17, 15) is 8.78 Å². The van der Waals surface area contributed by atoms with E-state index in [1.165, 1.54) is 0 Å². The Balaban J connectivity index is 3.10. The van der Waals surface area contributed by atoms with Crippen molar-refractivity contribution in [3.8, 4) is 0 Å². The number of hydrogen-bond donors (Lipinski definition) is 2. The van der Waals surface area contributed by atoms with Crippen LogP contribution in [0.3, 0.4) is 0 Å². The van der Waals surface area contributed by atoms with E-state index in [-0.39, 0.29) is 6.42 Å². The van der Waals surface area contributed by atoms with Gasteiger partial charge < -0.3 is 10.4 Å². The first-order valence-electron chi connectivity index (χ1n) is 3.85. The second kappa shape index (κ2) is 6.49. The van der Waals surface area contributed by atoms with Gasteiger partial charge in [0.2, 0.25) is 0 Å². The molecule has 0 aromatic carbocycles. The molecule has 2 nitrogen and oxygen atoms in total. The quantitative estimate of drug-likeness (QED) is 0.578. The van der Waals surface area contributed by atoms with Gasteiger partial charge in [0.05, 0.1) is 0 Å². The van der Waals surface area contributed by atoms with Crippen LogP contribution in [-0.4, -0.2) is 30.7 Å². The van der Waals surface area contributed by atoms with Gasteiger partial charge in [-0.25, -0.2) is 8.78 Å². The van der Waals surface area contributed by atoms with E-state index < -0.39 is 12.5 Å². The molecule has 0 unspecified atom stereocenters. The fourth-order valence-corrected chi connectivity index (χ4v) is 0.739. The minimum Gasteiger partial charge on any atom is -0.387 e. The summed E-state index contributed by atoms with van der Waals surface area (Å²) in [6.07, 6.45) is -3.28. The number of halogens is 2. The average molecular weight is 167 g/mol. The summed E-state index contributed by atoms with van der Waals surface area (Å²) in [7, 11) is 0. The van der Waals surface area contributed by atoms with Crippen LogP contribution >= 0.6 is 0 Å². The van der Waals surface area contributed by atoms with Gasteiger partial charge in [0.25, 0.3) is 6.43 Å². The van der Waals surface area contributed by atoms with Crippen molar-refractivity contribution in [2.45, 2.75) is 32.3 Å². The predicted octanol–water partition coefficient (Wildman–Crippen LogP) is 1.00. The van der Waals surface area contributed by atoms with E-state index >= 15 is 0 Å². The average Bonchev–Trinajstić information content (AvgIpc) is 1.97. The highest BCUT2D eigenvalue weighted by atomic mass is 19.3. The topological polar surface area (TPSA) is 32.3 Å². The Hall–Kier alpha value is -0.220. The Bertz CT molecular complexity index is 90.5. The Morgan fingerprint density at radius 2 is 2.09 bits per heavy atom. The van der Waals surface area contributed by atoms with E-state index in [0.717, 1.165) is 6.54 Å². The summed E-state index contributed by atoms with van der Waals surface area (Å²) in [5, 5.41) is 11.6. The van der Waals surface area contributed by atoms with Crippen LogP contribution in [0, 0.1) is 0 Å². The first kappa shape index (κ1) is 10.8. The van der Waals surface area contributed by atoms with Crippen LogP contribution in [0.15, 0.2) is 0 Å². The molecule has 11 heavy (non-hydrogen) atoms. The lowest BCUT2D eigenvalue weighted by atomic mass is 10.2. The third-order valence-corrected chi connectivity index (χ3v) is 1.39. The van der Waals surface area contributed by atoms with Crippen LogP contribution in [0.1, 0.15) is 19.8 Å². The molecule has 0 aliphatic heterocycles. The highest BCUT2D eigenvalue weighted by Crippen LogP contribution is 2.06. The molecule has 2 N–H and O–H groups in total. The molecule has 0 aliphatic rings. The molecule has 0 heterocycles. The second-order valence-electron chi connectivity index (χ2n) is 2.40. The van der Waals surface area contributed by atoms with Crippen LogP contribution in [0.25, 0.3) is 0 Å². The fourth-order valence-electron chi connectivity index (χ4n) is 0.739. The van der Waals surface area contributed by atoms with Crippen molar-refractivity contribution in [2.24, 2.45) is 0 Å². The summed E-state index contributed by atoms with van der Waals surface area (Å²) in [5.41, 5.74) is 0. The normalized spacial score (nSPS) is 13.9. The summed E-state index contributed by atoms with van der Waals surface area (Å²) < 4.78 is 23.3. The van der Waals surface area contributed by atoms with Crippen molar-refractivity contribution in [1.29, 1.82) is 0 Å². The monoisotopic (exact) mass is 167 g/mol. The molecule has 0 fully saturated rings. The molecule has 0 amide bonds. The molecule has 0 spiro atoms. The Labute approximate surface area is 65.6 Å². The molecule has 0 bridgehead atoms. The molecule has 1 atom stereocenters. The number of rotatable bonds is 6. The predicted molar refractivity (Wildman–Crippen MR) is 39.8 cm³/mol. The molecule has 0 rings (SSSR count). The summed E-state index contributed by atoms with van der Waals surface area (Å²) in [5.74, 6) is 0. The minimum absolute atomic E-state index is 0.171. The van der Waals surface area contributed by atoms with E-state index in [1.807, 2.05) is 6.92 Å². The Kier molecular flexibility index (Phi) is 6.36. The summed E-state index contributed by atoms with van der Waals surface area (Å²) in [6, 6.07) is 0. The smallest absolute Gasteiger partial charge is 0.264 e. The lowest BCUT2D eigenvalue weighted by Crippen LogP contribution is -2.20. The minimum atomic E-state index is -2.60. The molecule has 0 aromatic heterocycles. The number of aliphatic hydroxyl groups is 1. The van der Waals surface area contributed by atoms with Gasteiger partial charge in [0, 0.05) is 0 Å². The largest absolute Gasteiger partial charge is 0.387 e. The zero-order valence-corrected chi connectivity index (χ0v) is 6.69. The first-order valence-corrected chi connectivity index (χ1v) is 3.85. The molecule has 0 aromatic rings. The maximum atomic E-state index is 11.7. The Morgan fingerprint density at radius 1 is 1.45 bits per heavy atom. The van der Waals surface area contributed by atoms with Crippen LogP contribution in [-0.2, 0) is 0 Å². The zero-order valence-electron chi connectivity index (χ0n) is 6.69. The number of hydrogen-bond acceptors (Lipinski definition) is 2. The third kappa shape index (κ3) is 6.19. The fraction of sp³-hybridized carbons (Fsp3) is 1.00. The van der Waals surface area contributed by atoms with Gasteiger partial charge in [-0.3, -0.25) is 0 Å². The van der Waals surface area contributed by atoms with Crippen molar-refractivity contribution in [2.75, 3.05) is 13.1 Å². The molecule has 0 radical (unpaired) electrons. The van der Waals surface area contributed by atoms with Crippen molar-refractivity contribution in [3.63, 3.8) is 0 Å². The summed E-state index contributed by atoms with van der Waals surface area (Å²) in [4.78, 5) is 0. The van der Waals surface area contributed by atoms with Gasteiger partial charge in [-0.2, -0.15) is 0 Å². The number of aliphatic hydroxyl groups excluding tert-OH is 1. The van der Waals surface area contributed by atoms with Gasteiger partial charge in [0.15, 0.2) is 0 Å². The van der Waals surface area contributed by atoms with Gasteiger partial charge in [-0.05, 0) is 25.9 Å². The highest BCUT2D eigenvalue weighted by molar-refractivity contribution is 4.58. The number of nitrogens with one attached hydrogen (secondary N) is 1. The second-order valence-corrected chi connectivity index (χ2v) is 2.40. The van der Waals surface area contributed by atoms with Crippen LogP contribution in [0.4, 0.5) is 8.78 Å². The third-order valence-electron chi connectivity index (χ3n) is 1.39. The Morgan fingerprint density at radius 3 is 2.55 bits per heavy atom. The van der Waals surface area contributed by atoms with Gasteiger partial charge in [-0.15, -0.1) is 0 Å². The summed E-state index contributed by atoms with van der Waals surface area (Å²) >= 11 is 0. The molecule has 0 aliphatic carbocycles. The molecule has 4 heteroatoms. The van der Waals surface area contributed by atoms with E-state index in [4.69, 9.17) is 5.11 Å². The maximum Gasteiger partial charge on any atom is 0.264 e. The highest BCUT2D eigenvalue weighted by Gasteiger charge is 2.15. The van der Waals surface area contributed by atoms with Crippen LogP contribution < -0.4 is 5.32 Å². The molecule has 0 saturated carbocycles. The SMILES string of the molecule is CCNCCC[C@H](O)C(F)F. The van der Waals surface area contributed by atoms with Crippen molar-refractivity contribution >= 4 is 0 Å². The van der Waals surface area contributed by atoms with Crippen LogP contribution in [0.2, 0.25) is 0 Å². The first-order chi connectivity index (χ1) is 5.18. The number of alkyl halides is 2. The summed E-state index contributed by atoms with van der Waals surface area (Å²) in [6.45, 7) is 3.48. The van der Waals surface area contributed by atoms with Gasteiger partial charge in [-0.1, -0.05) is 6.92 Å². The zero-order chi connectivity index (χ0) is 8.69.